The van der Waals surface area contributed by atoms with Gasteiger partial charge in [0.05, 0.1) is 13.2 Å². The van der Waals surface area contributed by atoms with Gasteiger partial charge in [0.2, 0.25) is 0 Å². The maximum Gasteiger partial charge on any atom is 0.130 e. The summed E-state index contributed by atoms with van der Waals surface area (Å²) in [5.41, 5.74) is 1.21. The molecule has 0 aliphatic rings. The maximum atomic E-state index is 5.65. The normalized spacial score (nSPS) is 11.1. The summed E-state index contributed by atoms with van der Waals surface area (Å²) in [4.78, 5) is 0. The van der Waals surface area contributed by atoms with Crippen molar-refractivity contribution in [3.05, 3.63) is 23.2 Å². The highest BCUT2D eigenvalue weighted by Gasteiger charge is 2.06. The van der Waals surface area contributed by atoms with Gasteiger partial charge >= 0.3 is 0 Å². The van der Waals surface area contributed by atoms with Crippen molar-refractivity contribution in [2.45, 2.75) is 46.8 Å². The van der Waals surface area contributed by atoms with Gasteiger partial charge in [-0.15, -0.1) is 0 Å². The van der Waals surface area contributed by atoms with Crippen molar-refractivity contribution in [3.8, 4) is 0 Å². The first-order valence-electron chi connectivity index (χ1n) is 7.22. The molecule has 1 aromatic heterocycles. The van der Waals surface area contributed by atoms with Crippen LogP contribution < -0.4 is 5.32 Å². The molecule has 19 heavy (non-hydrogen) atoms. The molecule has 0 amide bonds. The van der Waals surface area contributed by atoms with Crippen molar-refractivity contribution in [2.24, 2.45) is 0 Å². The Morgan fingerprint density at radius 3 is 2.68 bits per heavy atom. The largest absolute Gasteiger partial charge is 0.464 e. The van der Waals surface area contributed by atoms with E-state index in [1.807, 2.05) is 6.92 Å². The number of unbranched alkanes of at least 4 members (excludes halogenated alkanes) is 1. The van der Waals surface area contributed by atoms with E-state index in [4.69, 9.17) is 13.9 Å². The third-order valence-corrected chi connectivity index (χ3v) is 2.90. The second-order valence-electron chi connectivity index (χ2n) is 4.59. The molecule has 4 heteroatoms. The maximum absolute atomic E-state index is 5.65. The standard InChI is InChI=1S/C15H27NO3/c1-4-6-7-17-8-9-18-12-15-10-14(11-16-5-2)13(3)19-15/h10,16H,4-9,11-12H2,1-3H3. The Morgan fingerprint density at radius 2 is 1.95 bits per heavy atom. The minimum atomic E-state index is 0.518. The van der Waals surface area contributed by atoms with Crippen molar-refractivity contribution < 1.29 is 13.9 Å². The fourth-order valence-electron chi connectivity index (χ4n) is 1.73. The van der Waals surface area contributed by atoms with Gasteiger partial charge in [0.15, 0.2) is 0 Å². The zero-order valence-electron chi connectivity index (χ0n) is 12.5. The highest BCUT2D eigenvalue weighted by Crippen LogP contribution is 2.15. The van der Waals surface area contributed by atoms with Crippen LogP contribution in [0.4, 0.5) is 0 Å². The Labute approximate surface area is 116 Å². The summed E-state index contributed by atoms with van der Waals surface area (Å²) >= 11 is 0. The lowest BCUT2D eigenvalue weighted by molar-refractivity contribution is 0.0337. The molecular weight excluding hydrogens is 242 g/mol. The van der Waals surface area contributed by atoms with Crippen molar-refractivity contribution in [1.29, 1.82) is 0 Å². The average molecular weight is 269 g/mol. The Balaban J connectivity index is 2.15. The SMILES string of the molecule is CCCCOCCOCc1cc(CNCC)c(C)o1. The minimum Gasteiger partial charge on any atom is -0.464 e. The van der Waals surface area contributed by atoms with Crippen molar-refractivity contribution in [3.63, 3.8) is 0 Å². The number of aryl methyl sites for hydroxylation is 1. The zero-order chi connectivity index (χ0) is 13.9. The van der Waals surface area contributed by atoms with Gasteiger partial charge in [0.1, 0.15) is 18.1 Å². The highest BCUT2D eigenvalue weighted by molar-refractivity contribution is 5.20. The first kappa shape index (κ1) is 16.2. The van der Waals surface area contributed by atoms with Gasteiger partial charge in [-0.2, -0.15) is 0 Å². The van der Waals surface area contributed by atoms with E-state index >= 15 is 0 Å². The molecule has 0 radical (unpaired) electrons. The molecule has 0 spiro atoms. The molecule has 0 bridgehead atoms. The average Bonchev–Trinajstić information content (AvgIpc) is 2.76. The van der Waals surface area contributed by atoms with Crippen LogP contribution in [-0.4, -0.2) is 26.4 Å². The Bertz CT molecular complexity index is 336. The Morgan fingerprint density at radius 1 is 1.16 bits per heavy atom. The van der Waals surface area contributed by atoms with Crippen LogP contribution in [0.5, 0.6) is 0 Å². The van der Waals surface area contributed by atoms with E-state index in [1.165, 1.54) is 12.0 Å². The number of nitrogens with one attached hydrogen (secondary N) is 1. The monoisotopic (exact) mass is 269 g/mol. The van der Waals surface area contributed by atoms with Crippen LogP contribution in [0.3, 0.4) is 0 Å². The van der Waals surface area contributed by atoms with Crippen LogP contribution in [0.25, 0.3) is 0 Å². The summed E-state index contributed by atoms with van der Waals surface area (Å²) in [7, 11) is 0. The molecule has 0 aliphatic heterocycles. The van der Waals surface area contributed by atoms with Gasteiger partial charge in [-0.05, 0) is 26.0 Å². The Hall–Kier alpha value is -0.840. The summed E-state index contributed by atoms with van der Waals surface area (Å²) < 4.78 is 16.6. The first-order chi connectivity index (χ1) is 9.27. The zero-order valence-corrected chi connectivity index (χ0v) is 12.5. The number of rotatable bonds is 11. The van der Waals surface area contributed by atoms with Crippen LogP contribution in [0.2, 0.25) is 0 Å². The molecule has 0 unspecified atom stereocenters. The molecule has 0 aromatic carbocycles. The quantitative estimate of drug-likeness (QED) is 0.627. The van der Waals surface area contributed by atoms with Gasteiger partial charge in [-0.25, -0.2) is 0 Å². The van der Waals surface area contributed by atoms with E-state index in [-0.39, 0.29) is 0 Å². The molecule has 1 N–H and O–H groups in total. The molecule has 0 saturated heterocycles. The van der Waals surface area contributed by atoms with Crippen LogP contribution in [-0.2, 0) is 22.6 Å². The topological polar surface area (TPSA) is 43.6 Å². The van der Waals surface area contributed by atoms with Gasteiger partial charge in [-0.1, -0.05) is 20.3 Å². The number of furan rings is 1. The van der Waals surface area contributed by atoms with E-state index in [9.17, 15) is 0 Å². The lowest BCUT2D eigenvalue weighted by atomic mass is 10.2. The summed E-state index contributed by atoms with van der Waals surface area (Å²) in [6.45, 7) is 10.7. The van der Waals surface area contributed by atoms with E-state index in [1.54, 1.807) is 0 Å². The third kappa shape index (κ3) is 6.76. The predicted molar refractivity (Wildman–Crippen MR) is 76.2 cm³/mol. The lowest BCUT2D eigenvalue weighted by Gasteiger charge is -2.03. The number of hydrogen-bond acceptors (Lipinski definition) is 4. The molecule has 0 atom stereocenters. The summed E-state index contributed by atoms with van der Waals surface area (Å²) in [6.07, 6.45) is 2.28. The summed E-state index contributed by atoms with van der Waals surface area (Å²) in [6, 6.07) is 2.07. The van der Waals surface area contributed by atoms with Gasteiger partial charge in [0.25, 0.3) is 0 Å². The minimum absolute atomic E-state index is 0.518. The molecule has 0 fully saturated rings. The van der Waals surface area contributed by atoms with Crippen LogP contribution in [0, 0.1) is 6.92 Å². The van der Waals surface area contributed by atoms with E-state index in [2.05, 4.69) is 25.2 Å². The predicted octanol–water partition coefficient (Wildman–Crippen LogP) is 3.03. The molecule has 1 aromatic rings. The molecule has 1 rings (SSSR count). The van der Waals surface area contributed by atoms with Crippen LogP contribution >= 0.6 is 0 Å². The van der Waals surface area contributed by atoms with E-state index in [0.717, 1.165) is 37.6 Å². The molecule has 4 nitrogen and oxygen atoms in total. The number of ether oxygens (including phenoxy) is 2. The van der Waals surface area contributed by atoms with Gasteiger partial charge in [-0.3, -0.25) is 0 Å². The Kier molecular flexibility index (Phi) is 8.54. The molecule has 0 aliphatic carbocycles. The summed E-state index contributed by atoms with van der Waals surface area (Å²) in [5.74, 6) is 1.86. The third-order valence-electron chi connectivity index (χ3n) is 2.90. The second kappa shape index (κ2) is 10.0. The smallest absolute Gasteiger partial charge is 0.130 e. The molecular formula is C15H27NO3. The highest BCUT2D eigenvalue weighted by atomic mass is 16.5. The van der Waals surface area contributed by atoms with Crippen LogP contribution in [0.1, 0.15) is 43.8 Å². The second-order valence-corrected chi connectivity index (χ2v) is 4.59. The van der Waals surface area contributed by atoms with Crippen molar-refractivity contribution in [1.82, 2.24) is 5.32 Å². The van der Waals surface area contributed by atoms with Gasteiger partial charge in [0, 0.05) is 18.7 Å². The fourth-order valence-corrected chi connectivity index (χ4v) is 1.73. The van der Waals surface area contributed by atoms with Crippen molar-refractivity contribution in [2.75, 3.05) is 26.4 Å². The van der Waals surface area contributed by atoms with Crippen LogP contribution in [0.15, 0.2) is 10.5 Å². The molecule has 0 saturated carbocycles. The summed E-state index contributed by atoms with van der Waals surface area (Å²) in [5, 5.41) is 3.29. The molecule has 110 valence electrons. The number of hydrogen-bond donors (Lipinski definition) is 1. The molecule has 1 heterocycles. The van der Waals surface area contributed by atoms with E-state index < -0.39 is 0 Å². The van der Waals surface area contributed by atoms with Gasteiger partial charge < -0.3 is 19.2 Å². The first-order valence-corrected chi connectivity index (χ1v) is 7.22. The van der Waals surface area contributed by atoms with Crippen molar-refractivity contribution >= 4 is 0 Å². The fraction of sp³-hybridized carbons (Fsp3) is 0.733. The van der Waals surface area contributed by atoms with E-state index in [0.29, 0.717) is 19.8 Å². The lowest BCUT2D eigenvalue weighted by Crippen LogP contribution is -2.11.